The molecule has 1 saturated heterocycles. The van der Waals surface area contributed by atoms with Gasteiger partial charge in [-0.05, 0) is 37.1 Å². The van der Waals surface area contributed by atoms with E-state index in [0.717, 1.165) is 5.56 Å². The molecule has 4 nitrogen and oxygen atoms in total. The Bertz CT molecular complexity index is 813. The Balaban J connectivity index is 1.70. The Kier molecular flexibility index (Phi) is 6.99. The number of amides is 1. The second-order valence-corrected chi connectivity index (χ2v) is 7.35. The number of rotatable bonds is 7. The summed E-state index contributed by atoms with van der Waals surface area (Å²) in [5, 5.41) is 6.73. The highest BCUT2D eigenvalue weighted by molar-refractivity contribution is 6.31. The molecule has 28 heavy (non-hydrogen) atoms. The van der Waals surface area contributed by atoms with Crippen molar-refractivity contribution in [3.05, 3.63) is 70.2 Å². The van der Waals surface area contributed by atoms with Crippen LogP contribution in [0.5, 0.6) is 0 Å². The summed E-state index contributed by atoms with van der Waals surface area (Å²) >= 11 is 6.28. The summed E-state index contributed by atoms with van der Waals surface area (Å²) in [4.78, 5) is 14.6. The van der Waals surface area contributed by atoms with Gasteiger partial charge in [-0.1, -0.05) is 35.9 Å². The van der Waals surface area contributed by atoms with Gasteiger partial charge >= 0.3 is 0 Å². The lowest BCUT2D eigenvalue weighted by molar-refractivity contribution is -0.125. The van der Waals surface area contributed by atoms with Gasteiger partial charge in [0.25, 0.3) is 0 Å². The predicted octanol–water partition coefficient (Wildman–Crippen LogP) is 3.49. The first-order valence-electron chi connectivity index (χ1n) is 9.41. The van der Waals surface area contributed by atoms with Crippen LogP contribution in [-0.4, -0.2) is 36.0 Å². The lowest BCUT2D eigenvalue weighted by atomic mass is 10.1. The highest BCUT2D eigenvalue weighted by atomic mass is 35.5. The van der Waals surface area contributed by atoms with Gasteiger partial charge in [0.2, 0.25) is 5.91 Å². The number of benzene rings is 2. The molecule has 1 amide bonds. The van der Waals surface area contributed by atoms with E-state index >= 15 is 0 Å². The van der Waals surface area contributed by atoms with E-state index in [-0.39, 0.29) is 30.1 Å². The van der Waals surface area contributed by atoms with Crippen molar-refractivity contribution in [3.8, 4) is 0 Å². The number of likely N-dealkylation sites (tertiary alicyclic amines) is 1. The smallest absolute Gasteiger partial charge is 0.237 e. The van der Waals surface area contributed by atoms with E-state index in [1.165, 1.54) is 18.2 Å². The zero-order chi connectivity index (χ0) is 20.1. The first-order chi connectivity index (χ1) is 13.5. The summed E-state index contributed by atoms with van der Waals surface area (Å²) in [6.07, 6.45) is 0.562. The Hall–Kier alpha value is -2.02. The molecule has 2 atom stereocenters. The fourth-order valence-electron chi connectivity index (χ4n) is 3.58. The monoisotopic (exact) mass is 407 g/mol. The maximum Gasteiger partial charge on any atom is 0.237 e. The Morgan fingerprint density at radius 2 is 1.89 bits per heavy atom. The van der Waals surface area contributed by atoms with E-state index < -0.39 is 11.6 Å². The van der Waals surface area contributed by atoms with E-state index in [0.29, 0.717) is 31.1 Å². The summed E-state index contributed by atoms with van der Waals surface area (Å²) < 4.78 is 27.7. The lowest BCUT2D eigenvalue weighted by Gasteiger charge is -2.23. The second kappa shape index (κ2) is 9.45. The van der Waals surface area contributed by atoms with Crippen molar-refractivity contribution in [2.45, 2.75) is 38.5 Å². The quantitative estimate of drug-likeness (QED) is 0.738. The summed E-state index contributed by atoms with van der Waals surface area (Å²) in [5.74, 6) is -1.19. The molecule has 0 bridgehead atoms. The zero-order valence-electron chi connectivity index (χ0n) is 15.7. The molecule has 1 aliphatic heterocycles. The average molecular weight is 408 g/mol. The van der Waals surface area contributed by atoms with Crippen molar-refractivity contribution in [1.82, 2.24) is 15.5 Å². The molecule has 0 aliphatic carbocycles. The molecule has 150 valence electrons. The number of nitrogens with zero attached hydrogens (tertiary/aromatic N) is 1. The Morgan fingerprint density at radius 3 is 2.57 bits per heavy atom. The maximum absolute atomic E-state index is 13.9. The van der Waals surface area contributed by atoms with Crippen molar-refractivity contribution in [1.29, 1.82) is 0 Å². The third-order valence-electron chi connectivity index (χ3n) is 5.02. The molecule has 2 N–H and O–H groups in total. The standard InChI is InChI=1S/C21H24ClF2N3O/c1-2-25-21(28)20-10-15(26-11-16-18(23)8-5-9-19(16)24)13-27(20)12-14-6-3-4-7-17(14)22/h3-9,15,20,26H,2,10-13H2,1H3,(H,25,28)/t15-,20-/m0/s1. The van der Waals surface area contributed by atoms with Gasteiger partial charge in [0.1, 0.15) is 11.6 Å². The van der Waals surface area contributed by atoms with Gasteiger partial charge in [-0.15, -0.1) is 0 Å². The van der Waals surface area contributed by atoms with Crippen LogP contribution in [0.4, 0.5) is 8.78 Å². The lowest BCUT2D eigenvalue weighted by Crippen LogP contribution is -2.42. The van der Waals surface area contributed by atoms with E-state index in [4.69, 9.17) is 11.6 Å². The van der Waals surface area contributed by atoms with Crippen LogP contribution in [0.1, 0.15) is 24.5 Å². The van der Waals surface area contributed by atoms with Crippen LogP contribution in [0, 0.1) is 11.6 Å². The van der Waals surface area contributed by atoms with E-state index in [1.54, 1.807) is 0 Å². The van der Waals surface area contributed by atoms with Crippen LogP contribution >= 0.6 is 11.6 Å². The molecular weight excluding hydrogens is 384 g/mol. The van der Waals surface area contributed by atoms with Crippen molar-refractivity contribution in [2.24, 2.45) is 0 Å². The van der Waals surface area contributed by atoms with Gasteiger partial charge in [-0.3, -0.25) is 9.69 Å². The molecule has 0 radical (unpaired) electrons. The summed E-state index contributed by atoms with van der Waals surface area (Å²) in [6.45, 7) is 3.62. The van der Waals surface area contributed by atoms with Crippen molar-refractivity contribution in [3.63, 3.8) is 0 Å². The van der Waals surface area contributed by atoms with E-state index in [1.807, 2.05) is 31.2 Å². The minimum Gasteiger partial charge on any atom is -0.355 e. The highest BCUT2D eigenvalue weighted by Crippen LogP contribution is 2.25. The first kappa shape index (κ1) is 20.7. The number of carbonyl (C=O) groups is 1. The molecule has 2 aromatic carbocycles. The van der Waals surface area contributed by atoms with Gasteiger partial charge in [0.05, 0.1) is 6.04 Å². The van der Waals surface area contributed by atoms with Crippen LogP contribution in [0.3, 0.4) is 0 Å². The third kappa shape index (κ3) is 4.87. The molecule has 1 aliphatic rings. The molecule has 0 spiro atoms. The summed E-state index contributed by atoms with van der Waals surface area (Å²) in [5.41, 5.74) is 0.959. The van der Waals surface area contributed by atoms with E-state index in [9.17, 15) is 13.6 Å². The van der Waals surface area contributed by atoms with Crippen LogP contribution in [0.25, 0.3) is 0 Å². The number of hydrogen-bond donors (Lipinski definition) is 2. The minimum absolute atomic E-state index is 0.0154. The molecule has 3 rings (SSSR count). The second-order valence-electron chi connectivity index (χ2n) is 6.94. The molecule has 0 aromatic heterocycles. The Labute approximate surface area is 168 Å². The number of halogens is 3. The van der Waals surface area contributed by atoms with Gasteiger partial charge in [0.15, 0.2) is 0 Å². The number of hydrogen-bond acceptors (Lipinski definition) is 3. The van der Waals surface area contributed by atoms with Crippen LogP contribution in [0.15, 0.2) is 42.5 Å². The van der Waals surface area contributed by atoms with E-state index in [2.05, 4.69) is 15.5 Å². The summed E-state index contributed by atoms with van der Waals surface area (Å²) in [6, 6.07) is 11.0. The number of nitrogens with one attached hydrogen (secondary N) is 2. The molecule has 0 saturated carbocycles. The molecule has 1 heterocycles. The van der Waals surface area contributed by atoms with Crippen LogP contribution < -0.4 is 10.6 Å². The van der Waals surface area contributed by atoms with Gasteiger partial charge in [0, 0.05) is 42.8 Å². The fourth-order valence-corrected chi connectivity index (χ4v) is 3.78. The minimum atomic E-state index is -0.571. The number of carbonyl (C=O) groups excluding carboxylic acids is 1. The van der Waals surface area contributed by atoms with Crippen LogP contribution in [-0.2, 0) is 17.9 Å². The van der Waals surface area contributed by atoms with Crippen molar-refractivity contribution >= 4 is 17.5 Å². The number of likely N-dealkylation sites (N-methyl/N-ethyl adjacent to an activating group) is 1. The third-order valence-corrected chi connectivity index (χ3v) is 5.39. The van der Waals surface area contributed by atoms with Gasteiger partial charge in [-0.2, -0.15) is 0 Å². The Morgan fingerprint density at radius 1 is 1.18 bits per heavy atom. The van der Waals surface area contributed by atoms with Crippen molar-refractivity contribution < 1.29 is 13.6 Å². The van der Waals surface area contributed by atoms with Gasteiger partial charge in [-0.25, -0.2) is 8.78 Å². The molecule has 1 fully saturated rings. The SMILES string of the molecule is CCNC(=O)[C@@H]1C[C@H](NCc2c(F)cccc2F)CN1Cc1ccccc1Cl. The van der Waals surface area contributed by atoms with Crippen LogP contribution in [0.2, 0.25) is 5.02 Å². The topological polar surface area (TPSA) is 44.4 Å². The zero-order valence-corrected chi connectivity index (χ0v) is 16.5. The summed E-state index contributed by atoms with van der Waals surface area (Å²) in [7, 11) is 0. The molecule has 0 unspecified atom stereocenters. The fraction of sp³-hybridized carbons (Fsp3) is 0.381. The molecular formula is C21H24ClF2N3O. The molecule has 7 heteroatoms. The average Bonchev–Trinajstić information content (AvgIpc) is 3.06. The maximum atomic E-state index is 13.9. The highest BCUT2D eigenvalue weighted by Gasteiger charge is 2.36. The van der Waals surface area contributed by atoms with Gasteiger partial charge < -0.3 is 10.6 Å². The normalized spacial score (nSPS) is 19.7. The largest absolute Gasteiger partial charge is 0.355 e. The van der Waals surface area contributed by atoms with Crippen molar-refractivity contribution in [2.75, 3.05) is 13.1 Å². The first-order valence-corrected chi connectivity index (χ1v) is 9.78. The predicted molar refractivity (Wildman–Crippen MR) is 106 cm³/mol. The molecule has 2 aromatic rings.